The molecule has 172 valence electrons. The molecule has 33 heavy (non-hydrogen) atoms. The van der Waals surface area contributed by atoms with E-state index in [4.69, 9.17) is 4.98 Å². The van der Waals surface area contributed by atoms with Gasteiger partial charge in [-0.25, -0.2) is 9.97 Å². The van der Waals surface area contributed by atoms with Gasteiger partial charge in [-0.2, -0.15) is 9.61 Å². The van der Waals surface area contributed by atoms with Crippen LogP contribution in [0, 0.1) is 0 Å². The van der Waals surface area contributed by atoms with Crippen molar-refractivity contribution in [2.24, 2.45) is 0 Å². The number of pyridine rings is 1. The molecular weight excluding hydrogens is 418 g/mol. The highest BCUT2D eigenvalue weighted by molar-refractivity contribution is 6.01. The van der Waals surface area contributed by atoms with Gasteiger partial charge in [0.05, 0.1) is 23.5 Å². The van der Waals surface area contributed by atoms with Crippen molar-refractivity contribution in [1.29, 1.82) is 0 Å². The first-order chi connectivity index (χ1) is 15.8. The van der Waals surface area contributed by atoms with Crippen molar-refractivity contribution < 1.29 is 9.90 Å². The zero-order chi connectivity index (χ0) is 23.3. The summed E-state index contributed by atoms with van der Waals surface area (Å²) in [6, 6.07) is 5.82. The summed E-state index contributed by atoms with van der Waals surface area (Å²) in [6.45, 7) is 6.00. The minimum atomic E-state index is -0.904. The molecule has 1 saturated carbocycles. The number of carbonyl (C=O) groups is 1. The van der Waals surface area contributed by atoms with Crippen molar-refractivity contribution in [2.75, 3.05) is 12.4 Å². The third kappa shape index (κ3) is 3.52. The van der Waals surface area contributed by atoms with Crippen molar-refractivity contribution in [2.45, 2.75) is 57.7 Å². The molecule has 4 aromatic heterocycles. The Morgan fingerprint density at radius 3 is 2.85 bits per heavy atom. The summed E-state index contributed by atoms with van der Waals surface area (Å²) in [5.41, 5.74) is 2.50. The second kappa shape index (κ2) is 7.84. The van der Waals surface area contributed by atoms with Gasteiger partial charge in [0.1, 0.15) is 17.0 Å². The number of nitrogens with one attached hydrogen (secondary N) is 2. The van der Waals surface area contributed by atoms with Crippen LogP contribution in [0.4, 0.5) is 5.82 Å². The average Bonchev–Trinajstić information content (AvgIpc) is 3.48. The molecule has 1 unspecified atom stereocenters. The Hall–Kier alpha value is -3.46. The van der Waals surface area contributed by atoms with Crippen LogP contribution in [-0.4, -0.2) is 53.9 Å². The molecule has 0 aromatic carbocycles. The summed E-state index contributed by atoms with van der Waals surface area (Å²) in [6.07, 6.45) is 7.69. The summed E-state index contributed by atoms with van der Waals surface area (Å²) in [7, 11) is 1.81. The molecule has 4 aromatic rings. The largest absolute Gasteiger partial charge is 0.388 e. The lowest BCUT2D eigenvalue weighted by atomic mass is 10.0. The Bertz CT molecular complexity index is 1350. The van der Waals surface area contributed by atoms with E-state index in [1.54, 1.807) is 17.6 Å². The molecule has 1 aliphatic carbocycles. The molecule has 1 amide bonds. The molecule has 0 radical (unpaired) electrons. The minimum absolute atomic E-state index is 0.235. The number of aliphatic hydroxyl groups is 1. The van der Waals surface area contributed by atoms with E-state index in [2.05, 4.69) is 45.3 Å². The fraction of sp³-hybridized carbons (Fsp3) is 0.417. The third-order valence-electron chi connectivity index (χ3n) is 6.63. The smallest absolute Gasteiger partial charge is 0.257 e. The van der Waals surface area contributed by atoms with Crippen LogP contribution in [0.5, 0.6) is 0 Å². The molecule has 9 heteroatoms. The van der Waals surface area contributed by atoms with Crippen LogP contribution in [0.2, 0.25) is 0 Å². The lowest BCUT2D eigenvalue weighted by molar-refractivity contribution is 0.0368. The molecule has 0 spiro atoms. The topological polar surface area (TPSA) is 109 Å². The molecule has 5 rings (SSSR count). The van der Waals surface area contributed by atoms with Crippen LogP contribution >= 0.6 is 0 Å². The first-order valence-corrected chi connectivity index (χ1v) is 11.4. The van der Waals surface area contributed by atoms with E-state index in [-0.39, 0.29) is 18.0 Å². The summed E-state index contributed by atoms with van der Waals surface area (Å²) in [4.78, 5) is 22.6. The number of carbonyl (C=O) groups excluding carboxylic acids is 1. The Morgan fingerprint density at radius 2 is 2.15 bits per heavy atom. The van der Waals surface area contributed by atoms with Crippen LogP contribution in [0.25, 0.3) is 27.9 Å². The predicted octanol–water partition coefficient (Wildman–Crippen LogP) is 3.40. The van der Waals surface area contributed by atoms with Gasteiger partial charge in [-0.1, -0.05) is 0 Å². The minimum Gasteiger partial charge on any atom is -0.388 e. The summed E-state index contributed by atoms with van der Waals surface area (Å²) in [5, 5.41) is 22.1. The Morgan fingerprint density at radius 1 is 1.33 bits per heavy atom. The van der Waals surface area contributed by atoms with Crippen LogP contribution in [0.3, 0.4) is 0 Å². The molecule has 0 aliphatic heterocycles. The maximum Gasteiger partial charge on any atom is 0.257 e. The maximum absolute atomic E-state index is 13.2. The molecule has 4 heterocycles. The number of aromatic nitrogens is 5. The standard InChI is InChI=1S/C24H29N7O2/c1-14(2)30-13-17(15-7-6-10-26-21(15)30)18-11-20(25-4)31-22(28-18)16(12-27-31)23(32)29-19-8-5-9-24(19,3)33/h6-7,10-14,19,25,33H,5,8-9H2,1-4H3,(H,29,32)/t19?,24-/m1/s1. The second-order valence-electron chi connectivity index (χ2n) is 9.26. The van der Waals surface area contributed by atoms with Gasteiger partial charge in [-0.3, -0.25) is 4.79 Å². The molecule has 1 aliphatic rings. The number of anilines is 1. The van der Waals surface area contributed by atoms with Gasteiger partial charge >= 0.3 is 0 Å². The first-order valence-electron chi connectivity index (χ1n) is 11.4. The number of nitrogens with zero attached hydrogens (tertiary/aromatic N) is 5. The van der Waals surface area contributed by atoms with Crippen molar-refractivity contribution in [1.82, 2.24) is 29.5 Å². The number of hydrogen-bond acceptors (Lipinski definition) is 6. The van der Waals surface area contributed by atoms with Crippen molar-refractivity contribution in [3.8, 4) is 11.3 Å². The monoisotopic (exact) mass is 447 g/mol. The van der Waals surface area contributed by atoms with E-state index in [9.17, 15) is 9.90 Å². The quantitative estimate of drug-likeness (QED) is 0.433. The van der Waals surface area contributed by atoms with E-state index >= 15 is 0 Å². The molecule has 1 fully saturated rings. The molecular formula is C24H29N7O2. The van der Waals surface area contributed by atoms with Gasteiger partial charge in [-0.05, 0) is 52.2 Å². The zero-order valence-corrected chi connectivity index (χ0v) is 19.3. The number of hydrogen-bond donors (Lipinski definition) is 3. The summed E-state index contributed by atoms with van der Waals surface area (Å²) >= 11 is 0. The number of fused-ring (bicyclic) bond motifs is 2. The maximum atomic E-state index is 13.2. The van der Waals surface area contributed by atoms with Crippen LogP contribution in [-0.2, 0) is 0 Å². The Balaban J connectivity index is 1.63. The second-order valence-corrected chi connectivity index (χ2v) is 9.26. The summed E-state index contributed by atoms with van der Waals surface area (Å²) < 4.78 is 3.76. The van der Waals surface area contributed by atoms with Crippen molar-refractivity contribution in [3.63, 3.8) is 0 Å². The van der Waals surface area contributed by atoms with Gasteiger partial charge in [0.25, 0.3) is 5.91 Å². The van der Waals surface area contributed by atoms with Gasteiger partial charge in [0.15, 0.2) is 5.65 Å². The van der Waals surface area contributed by atoms with E-state index in [0.29, 0.717) is 17.6 Å². The number of rotatable bonds is 5. The van der Waals surface area contributed by atoms with Crippen LogP contribution in [0.1, 0.15) is 56.4 Å². The van der Waals surface area contributed by atoms with Gasteiger partial charge in [-0.15, -0.1) is 0 Å². The van der Waals surface area contributed by atoms with Crippen LogP contribution in [0.15, 0.2) is 36.8 Å². The van der Waals surface area contributed by atoms with Gasteiger partial charge in [0, 0.05) is 42.5 Å². The highest BCUT2D eigenvalue weighted by Crippen LogP contribution is 2.33. The lowest BCUT2D eigenvalue weighted by Crippen LogP contribution is -2.47. The zero-order valence-electron chi connectivity index (χ0n) is 19.3. The molecule has 9 nitrogen and oxygen atoms in total. The van der Waals surface area contributed by atoms with Crippen molar-refractivity contribution in [3.05, 3.63) is 42.4 Å². The normalized spacial score (nSPS) is 20.7. The van der Waals surface area contributed by atoms with Crippen molar-refractivity contribution >= 4 is 28.4 Å². The highest BCUT2D eigenvalue weighted by atomic mass is 16.3. The Kier molecular flexibility index (Phi) is 5.08. The van der Waals surface area contributed by atoms with E-state index in [1.807, 2.05) is 25.2 Å². The predicted molar refractivity (Wildman–Crippen MR) is 127 cm³/mol. The first kappa shape index (κ1) is 21.4. The molecule has 0 bridgehead atoms. The third-order valence-corrected chi connectivity index (χ3v) is 6.63. The van der Waals surface area contributed by atoms with E-state index < -0.39 is 5.60 Å². The Labute approximate surface area is 191 Å². The van der Waals surface area contributed by atoms with Gasteiger partial charge in [0.2, 0.25) is 0 Å². The SMILES string of the molecule is CNc1cc(-c2cn(C(C)C)c3ncccc23)nc2c(C(=O)NC3CCC[C@@]3(C)O)cnn12. The average molecular weight is 448 g/mol. The van der Waals surface area contributed by atoms with E-state index in [0.717, 1.165) is 41.0 Å². The lowest BCUT2D eigenvalue weighted by Gasteiger charge is -2.26. The molecule has 2 atom stereocenters. The molecule has 0 saturated heterocycles. The fourth-order valence-corrected chi connectivity index (χ4v) is 4.73. The number of amides is 1. The van der Waals surface area contributed by atoms with Gasteiger partial charge < -0.3 is 20.3 Å². The molecule has 3 N–H and O–H groups in total. The van der Waals surface area contributed by atoms with Crippen LogP contribution < -0.4 is 10.6 Å². The summed E-state index contributed by atoms with van der Waals surface area (Å²) in [5.74, 6) is 0.436. The highest BCUT2D eigenvalue weighted by Gasteiger charge is 2.38. The van der Waals surface area contributed by atoms with E-state index in [1.165, 1.54) is 6.20 Å². The fourth-order valence-electron chi connectivity index (χ4n) is 4.73.